The smallest absolute Gasteiger partial charge is 0.338 e. The number of nitrogens with one attached hydrogen (secondary N) is 1. The molecule has 0 aromatic heterocycles. The molecule has 1 aromatic rings. The number of hydrogen-bond donors (Lipinski definition) is 1. The number of carbonyl (C=O) groups excluding carboxylic acids is 2. The van der Waals surface area contributed by atoms with Gasteiger partial charge in [0.2, 0.25) is 10.0 Å². The third kappa shape index (κ3) is 4.35. The summed E-state index contributed by atoms with van der Waals surface area (Å²) >= 11 is 0. The zero-order valence-electron chi connectivity index (χ0n) is 15.0. The van der Waals surface area contributed by atoms with E-state index in [0.717, 1.165) is 18.4 Å². The van der Waals surface area contributed by atoms with E-state index in [4.69, 9.17) is 4.74 Å². The van der Waals surface area contributed by atoms with Gasteiger partial charge in [-0.2, -0.15) is 0 Å². The summed E-state index contributed by atoms with van der Waals surface area (Å²) in [7, 11) is -3.34. The minimum Gasteiger partial charge on any atom is -0.452 e. The first kappa shape index (κ1) is 18.7. The molecule has 8 heteroatoms. The largest absolute Gasteiger partial charge is 0.452 e. The first-order chi connectivity index (χ1) is 12.3. The lowest BCUT2D eigenvalue weighted by Crippen LogP contribution is -2.37. The summed E-state index contributed by atoms with van der Waals surface area (Å²) in [6, 6.07) is 4.92. The van der Waals surface area contributed by atoms with Gasteiger partial charge in [-0.3, -0.25) is 9.10 Å². The number of nitrogens with zero attached hydrogens (tertiary/aromatic N) is 1. The lowest BCUT2D eigenvalue weighted by Gasteiger charge is -2.29. The third-order valence-corrected chi connectivity index (χ3v) is 6.02. The van der Waals surface area contributed by atoms with Crippen molar-refractivity contribution in [2.24, 2.45) is 5.92 Å². The van der Waals surface area contributed by atoms with Crippen LogP contribution >= 0.6 is 0 Å². The summed E-state index contributed by atoms with van der Waals surface area (Å²) in [6.45, 7) is 2.08. The molecule has 142 valence electrons. The second-order valence-corrected chi connectivity index (χ2v) is 8.96. The molecule has 1 saturated carbocycles. The van der Waals surface area contributed by atoms with E-state index >= 15 is 0 Å². The minimum atomic E-state index is -3.34. The van der Waals surface area contributed by atoms with Gasteiger partial charge in [-0.25, -0.2) is 13.2 Å². The monoisotopic (exact) mass is 380 g/mol. The van der Waals surface area contributed by atoms with Crippen LogP contribution in [0.5, 0.6) is 0 Å². The van der Waals surface area contributed by atoms with E-state index in [1.807, 2.05) is 6.92 Å². The molecule has 1 N–H and O–H groups in total. The molecule has 1 atom stereocenters. The Morgan fingerprint density at radius 3 is 2.73 bits per heavy atom. The lowest BCUT2D eigenvalue weighted by atomic mass is 10.0. The molecule has 1 amide bonds. The van der Waals surface area contributed by atoms with Crippen LogP contribution in [0.25, 0.3) is 0 Å². The number of aryl methyl sites for hydroxylation is 1. The maximum atomic E-state index is 12.2. The van der Waals surface area contributed by atoms with Crippen molar-refractivity contribution in [1.82, 2.24) is 5.32 Å². The highest BCUT2D eigenvalue weighted by Gasteiger charge is 2.29. The van der Waals surface area contributed by atoms with Crippen molar-refractivity contribution >= 4 is 27.6 Å². The number of amides is 1. The minimum absolute atomic E-state index is 0.104. The Bertz CT molecular complexity index is 817. The third-order valence-electron chi connectivity index (χ3n) is 4.84. The molecule has 0 spiro atoms. The van der Waals surface area contributed by atoms with Crippen LogP contribution in [-0.4, -0.2) is 45.7 Å². The maximum absolute atomic E-state index is 12.2. The summed E-state index contributed by atoms with van der Waals surface area (Å²) < 4.78 is 30.2. The van der Waals surface area contributed by atoms with Gasteiger partial charge in [-0.05, 0) is 62.3 Å². The number of esters is 1. The molecule has 0 bridgehead atoms. The Kier molecular flexibility index (Phi) is 5.22. The number of anilines is 1. The Labute approximate surface area is 153 Å². The molecule has 1 aliphatic carbocycles. The Balaban J connectivity index is 1.62. The predicted octanol–water partition coefficient (Wildman–Crippen LogP) is 1.47. The van der Waals surface area contributed by atoms with Crippen LogP contribution in [0.4, 0.5) is 5.69 Å². The molecule has 26 heavy (non-hydrogen) atoms. The van der Waals surface area contributed by atoms with E-state index < -0.39 is 16.0 Å². The molecule has 1 heterocycles. The molecule has 7 nitrogen and oxygen atoms in total. The number of hydrogen-bond acceptors (Lipinski definition) is 5. The summed E-state index contributed by atoms with van der Waals surface area (Å²) in [6.07, 6.45) is 4.81. The van der Waals surface area contributed by atoms with Crippen molar-refractivity contribution in [2.75, 3.05) is 23.7 Å². The molecule has 3 rings (SSSR count). The number of fused-ring (bicyclic) bond motifs is 1. The quantitative estimate of drug-likeness (QED) is 0.755. The van der Waals surface area contributed by atoms with Crippen molar-refractivity contribution in [2.45, 2.75) is 38.6 Å². The van der Waals surface area contributed by atoms with Gasteiger partial charge in [-0.1, -0.05) is 0 Å². The van der Waals surface area contributed by atoms with Gasteiger partial charge in [0.25, 0.3) is 5.91 Å². The highest BCUT2D eigenvalue weighted by Crippen LogP contribution is 2.32. The van der Waals surface area contributed by atoms with Gasteiger partial charge in [0.15, 0.2) is 6.61 Å². The molecule has 1 aliphatic heterocycles. The van der Waals surface area contributed by atoms with Crippen LogP contribution in [0.2, 0.25) is 0 Å². The van der Waals surface area contributed by atoms with E-state index in [-0.39, 0.29) is 18.6 Å². The van der Waals surface area contributed by atoms with Gasteiger partial charge >= 0.3 is 5.97 Å². The van der Waals surface area contributed by atoms with Crippen molar-refractivity contribution in [3.63, 3.8) is 0 Å². The fraction of sp³-hybridized carbons (Fsp3) is 0.556. The second-order valence-electron chi connectivity index (χ2n) is 7.05. The fourth-order valence-corrected chi connectivity index (χ4v) is 4.25. The molecule has 2 aliphatic rings. The summed E-state index contributed by atoms with van der Waals surface area (Å²) in [5.41, 5.74) is 1.72. The van der Waals surface area contributed by atoms with Crippen molar-refractivity contribution in [1.29, 1.82) is 0 Å². The van der Waals surface area contributed by atoms with Crippen LogP contribution in [-0.2, 0) is 26.0 Å². The number of rotatable bonds is 6. The average molecular weight is 380 g/mol. The fourth-order valence-electron chi connectivity index (χ4n) is 3.26. The van der Waals surface area contributed by atoms with Gasteiger partial charge in [0, 0.05) is 12.6 Å². The Morgan fingerprint density at radius 1 is 1.35 bits per heavy atom. The molecular formula is C18H24N2O5S. The average Bonchev–Trinajstić information content (AvgIpc) is 3.42. The summed E-state index contributed by atoms with van der Waals surface area (Å²) in [5, 5.41) is 2.83. The zero-order chi connectivity index (χ0) is 18.9. The SMILES string of the molecule is C[C@H](NC(=O)COC(=O)c1ccc2c(c1)CCCN2S(C)(=O)=O)C1CC1. The van der Waals surface area contributed by atoms with Crippen LogP contribution in [0.3, 0.4) is 0 Å². The number of benzene rings is 1. The van der Waals surface area contributed by atoms with Crippen molar-refractivity contribution in [3.8, 4) is 0 Å². The highest BCUT2D eigenvalue weighted by atomic mass is 32.2. The first-order valence-corrected chi connectivity index (χ1v) is 10.7. The number of carbonyl (C=O) groups is 2. The highest BCUT2D eigenvalue weighted by molar-refractivity contribution is 7.92. The van der Waals surface area contributed by atoms with Crippen LogP contribution in [0.15, 0.2) is 18.2 Å². The van der Waals surface area contributed by atoms with E-state index in [1.54, 1.807) is 12.1 Å². The van der Waals surface area contributed by atoms with Crippen LogP contribution in [0, 0.1) is 5.92 Å². The maximum Gasteiger partial charge on any atom is 0.338 e. The van der Waals surface area contributed by atoms with E-state index in [9.17, 15) is 18.0 Å². The second kappa shape index (κ2) is 7.26. The van der Waals surface area contributed by atoms with Gasteiger partial charge in [-0.15, -0.1) is 0 Å². The number of sulfonamides is 1. The standard InChI is InChI=1S/C18H24N2O5S/c1-12(13-5-6-13)19-17(21)11-25-18(22)15-7-8-16-14(10-15)4-3-9-20(16)26(2,23)24/h7-8,10,12-13H,3-6,9,11H2,1-2H3,(H,19,21)/t12-/m0/s1. The molecule has 0 radical (unpaired) electrons. The van der Waals surface area contributed by atoms with Crippen molar-refractivity contribution in [3.05, 3.63) is 29.3 Å². The first-order valence-electron chi connectivity index (χ1n) is 8.83. The molecule has 1 fully saturated rings. The van der Waals surface area contributed by atoms with E-state index in [1.165, 1.54) is 16.6 Å². The lowest BCUT2D eigenvalue weighted by molar-refractivity contribution is -0.124. The molecule has 0 unspecified atom stereocenters. The van der Waals surface area contributed by atoms with Crippen LogP contribution < -0.4 is 9.62 Å². The molecule has 0 saturated heterocycles. The summed E-state index contributed by atoms with van der Waals surface area (Å²) in [5.74, 6) is -0.356. The normalized spacial score (nSPS) is 18.0. The predicted molar refractivity (Wildman–Crippen MR) is 97.6 cm³/mol. The Hall–Kier alpha value is -2.09. The zero-order valence-corrected chi connectivity index (χ0v) is 15.8. The van der Waals surface area contributed by atoms with E-state index in [0.29, 0.717) is 36.6 Å². The van der Waals surface area contributed by atoms with Gasteiger partial charge < -0.3 is 10.1 Å². The van der Waals surface area contributed by atoms with E-state index in [2.05, 4.69) is 5.32 Å². The molecule has 1 aromatic carbocycles. The van der Waals surface area contributed by atoms with Crippen LogP contribution in [0.1, 0.15) is 42.1 Å². The molecular weight excluding hydrogens is 356 g/mol. The summed E-state index contributed by atoms with van der Waals surface area (Å²) in [4.78, 5) is 24.1. The Morgan fingerprint density at radius 2 is 2.08 bits per heavy atom. The van der Waals surface area contributed by atoms with Gasteiger partial charge in [0.1, 0.15) is 0 Å². The topological polar surface area (TPSA) is 92.8 Å². The van der Waals surface area contributed by atoms with Gasteiger partial charge in [0.05, 0.1) is 17.5 Å². The number of ether oxygens (including phenoxy) is 1. The van der Waals surface area contributed by atoms with Crippen molar-refractivity contribution < 1.29 is 22.7 Å².